The number of rotatable bonds is 4. The van der Waals surface area contributed by atoms with Gasteiger partial charge in [-0.25, -0.2) is 4.39 Å². The summed E-state index contributed by atoms with van der Waals surface area (Å²) in [6.07, 6.45) is 2.32. The Bertz CT molecular complexity index is 739. The van der Waals surface area contributed by atoms with Crippen LogP contribution in [-0.4, -0.2) is 26.7 Å². The Labute approximate surface area is 114 Å². The van der Waals surface area contributed by atoms with E-state index < -0.39 is 0 Å². The molecule has 4 N–H and O–H groups in total. The number of halogens is 1. The molecule has 6 nitrogen and oxygen atoms in total. The third-order valence-corrected chi connectivity index (χ3v) is 2.92. The maximum absolute atomic E-state index is 13.1. The van der Waals surface area contributed by atoms with Crippen molar-refractivity contribution in [1.82, 2.24) is 20.2 Å². The Balaban J connectivity index is 1.72. The van der Waals surface area contributed by atoms with Crippen molar-refractivity contribution in [3.05, 3.63) is 41.8 Å². The maximum Gasteiger partial charge on any atom is 0.224 e. The van der Waals surface area contributed by atoms with Gasteiger partial charge in [0.05, 0.1) is 11.6 Å². The minimum Gasteiger partial charge on any atom is -0.369 e. The second-order valence-electron chi connectivity index (χ2n) is 4.37. The molecule has 0 amide bonds. The van der Waals surface area contributed by atoms with Gasteiger partial charge < -0.3 is 11.1 Å². The first kappa shape index (κ1) is 12.3. The summed E-state index contributed by atoms with van der Waals surface area (Å²) < 4.78 is 13.1. The lowest BCUT2D eigenvalue weighted by molar-refractivity contribution is 0.625. The Kier molecular flexibility index (Phi) is 3.16. The molecule has 0 spiro atoms. The first-order valence-electron chi connectivity index (χ1n) is 6.17. The monoisotopic (exact) mass is 272 g/mol. The van der Waals surface area contributed by atoms with Gasteiger partial charge in [0.2, 0.25) is 5.95 Å². The van der Waals surface area contributed by atoms with E-state index in [2.05, 4.69) is 25.5 Å². The van der Waals surface area contributed by atoms with Crippen LogP contribution in [0, 0.1) is 5.82 Å². The summed E-state index contributed by atoms with van der Waals surface area (Å²) in [6.45, 7) is 0.611. The molecule has 0 saturated carbocycles. The summed E-state index contributed by atoms with van der Waals surface area (Å²) in [4.78, 5) is 8.18. The zero-order valence-electron chi connectivity index (χ0n) is 10.6. The molecule has 0 aliphatic carbocycles. The van der Waals surface area contributed by atoms with Gasteiger partial charge in [-0.15, -0.1) is 0 Å². The molecule has 1 aromatic carbocycles. The number of benzene rings is 1. The van der Waals surface area contributed by atoms with E-state index in [-0.39, 0.29) is 11.8 Å². The van der Waals surface area contributed by atoms with Crippen molar-refractivity contribution in [2.75, 3.05) is 17.6 Å². The summed E-state index contributed by atoms with van der Waals surface area (Å²) in [7, 11) is 0. The van der Waals surface area contributed by atoms with Gasteiger partial charge in [-0.2, -0.15) is 15.1 Å². The first-order chi connectivity index (χ1) is 9.72. The van der Waals surface area contributed by atoms with Gasteiger partial charge in [-0.05, 0) is 24.1 Å². The van der Waals surface area contributed by atoms with E-state index in [0.717, 1.165) is 10.9 Å². The third-order valence-electron chi connectivity index (χ3n) is 2.92. The quantitative estimate of drug-likeness (QED) is 0.672. The van der Waals surface area contributed by atoms with E-state index in [9.17, 15) is 4.39 Å². The highest BCUT2D eigenvalue weighted by Gasteiger charge is 2.07. The number of aromatic amines is 1. The minimum atomic E-state index is -0.231. The summed E-state index contributed by atoms with van der Waals surface area (Å²) in [5.74, 6) is 0.568. The van der Waals surface area contributed by atoms with Crippen LogP contribution in [0.15, 0.2) is 30.5 Å². The molecule has 0 saturated heterocycles. The number of hydrogen-bond donors (Lipinski definition) is 3. The van der Waals surface area contributed by atoms with Crippen LogP contribution in [0.3, 0.4) is 0 Å². The lowest BCUT2D eigenvalue weighted by Crippen LogP contribution is -2.08. The van der Waals surface area contributed by atoms with Crippen LogP contribution in [-0.2, 0) is 6.42 Å². The van der Waals surface area contributed by atoms with E-state index in [4.69, 9.17) is 5.73 Å². The SMILES string of the molecule is Nc1nc(NCCc2cccc(F)c2)c2cn[nH]c2n1. The fourth-order valence-electron chi connectivity index (χ4n) is 2.00. The standard InChI is InChI=1S/C13H13FN6/c14-9-3-1-2-8(6-9)4-5-16-11-10-7-17-20-12(10)19-13(15)18-11/h1-3,6-7H,4-5H2,(H4,15,16,17,18,19,20). The average Bonchev–Trinajstić information content (AvgIpc) is 2.87. The van der Waals surface area contributed by atoms with Gasteiger partial charge in [-0.1, -0.05) is 12.1 Å². The number of nitrogens with one attached hydrogen (secondary N) is 2. The van der Waals surface area contributed by atoms with E-state index in [0.29, 0.717) is 24.4 Å². The van der Waals surface area contributed by atoms with Gasteiger partial charge in [0.1, 0.15) is 11.6 Å². The number of anilines is 2. The molecular formula is C13H13FN6. The molecule has 3 aromatic rings. The van der Waals surface area contributed by atoms with Crippen LogP contribution in [0.5, 0.6) is 0 Å². The van der Waals surface area contributed by atoms with Gasteiger partial charge in [0.15, 0.2) is 5.65 Å². The predicted molar refractivity (Wildman–Crippen MR) is 74.7 cm³/mol. The van der Waals surface area contributed by atoms with Crippen molar-refractivity contribution in [3.8, 4) is 0 Å². The second-order valence-corrected chi connectivity index (χ2v) is 4.37. The zero-order valence-corrected chi connectivity index (χ0v) is 10.6. The van der Waals surface area contributed by atoms with E-state index in [1.165, 1.54) is 12.1 Å². The van der Waals surface area contributed by atoms with E-state index in [1.54, 1.807) is 12.3 Å². The highest BCUT2D eigenvalue weighted by atomic mass is 19.1. The zero-order chi connectivity index (χ0) is 13.9. The Morgan fingerprint density at radius 3 is 3.05 bits per heavy atom. The molecule has 0 aliphatic heterocycles. The van der Waals surface area contributed by atoms with Crippen LogP contribution < -0.4 is 11.1 Å². The Morgan fingerprint density at radius 2 is 2.20 bits per heavy atom. The lowest BCUT2D eigenvalue weighted by atomic mass is 10.1. The normalized spacial score (nSPS) is 10.8. The van der Waals surface area contributed by atoms with Crippen molar-refractivity contribution >= 4 is 22.8 Å². The highest BCUT2D eigenvalue weighted by molar-refractivity contribution is 5.86. The topological polar surface area (TPSA) is 92.5 Å². The number of nitrogen functional groups attached to an aromatic ring is 1. The number of nitrogens with zero attached hydrogens (tertiary/aromatic N) is 3. The van der Waals surface area contributed by atoms with Crippen LogP contribution in [0.2, 0.25) is 0 Å². The number of nitrogens with two attached hydrogens (primary N) is 1. The molecule has 2 heterocycles. The van der Waals surface area contributed by atoms with Crippen LogP contribution in [0.25, 0.3) is 11.0 Å². The van der Waals surface area contributed by atoms with Crippen LogP contribution in [0.1, 0.15) is 5.56 Å². The summed E-state index contributed by atoms with van der Waals surface area (Å²) >= 11 is 0. The fraction of sp³-hybridized carbons (Fsp3) is 0.154. The molecular weight excluding hydrogens is 259 g/mol. The van der Waals surface area contributed by atoms with Crippen molar-refractivity contribution in [2.24, 2.45) is 0 Å². The second kappa shape index (κ2) is 5.12. The van der Waals surface area contributed by atoms with Gasteiger partial charge in [0.25, 0.3) is 0 Å². The molecule has 3 rings (SSSR count). The largest absolute Gasteiger partial charge is 0.369 e. The summed E-state index contributed by atoms with van der Waals surface area (Å²) in [6, 6.07) is 6.52. The Morgan fingerprint density at radius 1 is 1.30 bits per heavy atom. The first-order valence-corrected chi connectivity index (χ1v) is 6.17. The average molecular weight is 272 g/mol. The highest BCUT2D eigenvalue weighted by Crippen LogP contribution is 2.18. The molecule has 0 unspecified atom stereocenters. The molecule has 0 fully saturated rings. The van der Waals surface area contributed by atoms with Crippen molar-refractivity contribution in [2.45, 2.75) is 6.42 Å². The molecule has 7 heteroatoms. The van der Waals surface area contributed by atoms with Crippen molar-refractivity contribution in [3.63, 3.8) is 0 Å². The summed E-state index contributed by atoms with van der Waals surface area (Å²) in [5.41, 5.74) is 7.14. The number of hydrogen-bond acceptors (Lipinski definition) is 5. The molecule has 20 heavy (non-hydrogen) atoms. The minimum absolute atomic E-state index is 0.176. The van der Waals surface area contributed by atoms with E-state index in [1.807, 2.05) is 6.07 Å². The molecule has 0 atom stereocenters. The fourth-order valence-corrected chi connectivity index (χ4v) is 2.00. The third kappa shape index (κ3) is 2.51. The molecule has 0 bridgehead atoms. The predicted octanol–water partition coefficient (Wildman–Crippen LogP) is 1.73. The number of H-pyrrole nitrogens is 1. The molecule has 0 aliphatic rings. The van der Waals surface area contributed by atoms with Gasteiger partial charge in [-0.3, -0.25) is 5.10 Å². The van der Waals surface area contributed by atoms with Crippen molar-refractivity contribution in [1.29, 1.82) is 0 Å². The van der Waals surface area contributed by atoms with E-state index >= 15 is 0 Å². The number of fused-ring (bicyclic) bond motifs is 1. The smallest absolute Gasteiger partial charge is 0.224 e. The summed E-state index contributed by atoms with van der Waals surface area (Å²) in [5, 5.41) is 10.6. The maximum atomic E-state index is 13.1. The van der Waals surface area contributed by atoms with Crippen molar-refractivity contribution < 1.29 is 4.39 Å². The number of aromatic nitrogens is 4. The molecule has 2 aromatic heterocycles. The van der Waals surface area contributed by atoms with Gasteiger partial charge in [0, 0.05) is 6.54 Å². The van der Waals surface area contributed by atoms with Crippen LogP contribution >= 0.6 is 0 Å². The molecule has 102 valence electrons. The van der Waals surface area contributed by atoms with Gasteiger partial charge >= 0.3 is 0 Å². The molecule has 0 radical (unpaired) electrons. The Hall–Kier alpha value is -2.70. The van der Waals surface area contributed by atoms with Crippen LogP contribution in [0.4, 0.5) is 16.2 Å². The lowest BCUT2D eigenvalue weighted by Gasteiger charge is -2.07.